The summed E-state index contributed by atoms with van der Waals surface area (Å²) in [7, 11) is 2.11. The van der Waals surface area contributed by atoms with Crippen molar-refractivity contribution in [1.29, 1.82) is 0 Å². The lowest BCUT2D eigenvalue weighted by Crippen LogP contribution is -2.37. The van der Waals surface area contributed by atoms with Gasteiger partial charge in [0.15, 0.2) is 0 Å². The zero-order valence-corrected chi connectivity index (χ0v) is 7.34. The van der Waals surface area contributed by atoms with Crippen LogP contribution in [-0.4, -0.2) is 25.2 Å². The first kappa shape index (κ1) is 8.97. The van der Waals surface area contributed by atoms with E-state index in [9.17, 15) is 0 Å². The van der Waals surface area contributed by atoms with Crippen LogP contribution in [0.4, 0.5) is 0 Å². The van der Waals surface area contributed by atoms with Crippen LogP contribution in [-0.2, 0) is 0 Å². The van der Waals surface area contributed by atoms with E-state index in [1.54, 1.807) is 0 Å². The molecule has 0 bridgehead atoms. The number of hydrazine groups is 1. The van der Waals surface area contributed by atoms with Gasteiger partial charge in [-0.3, -0.25) is 10.7 Å². The van der Waals surface area contributed by atoms with Gasteiger partial charge in [0, 0.05) is 6.54 Å². The fourth-order valence-corrected chi connectivity index (χ4v) is 1.85. The van der Waals surface area contributed by atoms with Crippen molar-refractivity contribution < 1.29 is 0 Å². The molecule has 0 aromatic carbocycles. The first-order valence-corrected chi connectivity index (χ1v) is 4.45. The van der Waals surface area contributed by atoms with E-state index in [0.717, 1.165) is 12.6 Å². The van der Waals surface area contributed by atoms with E-state index in [-0.39, 0.29) is 0 Å². The Hall–Kier alpha value is -0.120. The van der Waals surface area contributed by atoms with Crippen molar-refractivity contribution >= 4 is 0 Å². The van der Waals surface area contributed by atoms with Crippen LogP contribution < -0.4 is 11.3 Å². The van der Waals surface area contributed by atoms with Gasteiger partial charge in [0.2, 0.25) is 0 Å². The molecule has 0 aromatic heterocycles. The van der Waals surface area contributed by atoms with Gasteiger partial charge in [-0.1, -0.05) is 12.8 Å². The largest absolute Gasteiger partial charge is 0.292 e. The fraction of sp³-hybridized carbons (Fsp3) is 1.00. The lowest BCUT2D eigenvalue weighted by molar-refractivity contribution is 0.261. The predicted octanol–water partition coefficient (Wildman–Crippen LogP) is 0.529. The molecular weight excluding hydrogens is 138 g/mol. The number of hydrogen-bond donors (Lipinski definition) is 2. The third kappa shape index (κ3) is 3.18. The van der Waals surface area contributed by atoms with E-state index >= 15 is 0 Å². The van der Waals surface area contributed by atoms with Crippen molar-refractivity contribution in [2.24, 2.45) is 11.8 Å². The van der Waals surface area contributed by atoms with E-state index in [2.05, 4.69) is 17.4 Å². The minimum absolute atomic E-state index is 0.802. The fourth-order valence-electron chi connectivity index (χ4n) is 1.85. The molecule has 0 unspecified atom stereocenters. The van der Waals surface area contributed by atoms with Gasteiger partial charge in [0.25, 0.3) is 0 Å². The molecule has 0 amide bonds. The summed E-state index contributed by atoms with van der Waals surface area (Å²) in [6.45, 7) is 2.00. The molecule has 3 nitrogen and oxygen atoms in total. The van der Waals surface area contributed by atoms with Gasteiger partial charge in [0.05, 0.1) is 6.67 Å². The molecule has 1 saturated carbocycles. The highest BCUT2D eigenvalue weighted by molar-refractivity contribution is 4.69. The molecule has 1 rings (SSSR count). The highest BCUT2D eigenvalue weighted by atomic mass is 15.3. The standard InChI is InChI=1S/C8H19N3/c1-11(7-10-9)6-8-4-2-3-5-8/h8,10H,2-7,9H2,1H3. The average Bonchev–Trinajstić information content (AvgIpc) is 2.40. The Balaban J connectivity index is 2.08. The summed E-state index contributed by atoms with van der Waals surface area (Å²) in [5, 5.41) is 0. The molecule has 0 atom stereocenters. The van der Waals surface area contributed by atoms with Gasteiger partial charge in [-0.2, -0.15) is 0 Å². The maximum absolute atomic E-state index is 5.21. The first-order valence-electron chi connectivity index (χ1n) is 4.45. The van der Waals surface area contributed by atoms with Crippen molar-refractivity contribution in [2.75, 3.05) is 20.3 Å². The van der Waals surface area contributed by atoms with Gasteiger partial charge in [-0.15, -0.1) is 0 Å². The molecule has 1 aliphatic carbocycles. The molecule has 1 fully saturated rings. The third-order valence-corrected chi connectivity index (χ3v) is 2.41. The Labute approximate surface area is 68.9 Å². The summed E-state index contributed by atoms with van der Waals surface area (Å²) in [5.41, 5.74) is 2.67. The Morgan fingerprint density at radius 3 is 2.64 bits per heavy atom. The second-order valence-electron chi connectivity index (χ2n) is 3.55. The minimum Gasteiger partial charge on any atom is -0.292 e. The van der Waals surface area contributed by atoms with Crippen molar-refractivity contribution in [3.8, 4) is 0 Å². The smallest absolute Gasteiger partial charge is 0.0610 e. The van der Waals surface area contributed by atoms with E-state index in [1.807, 2.05) is 0 Å². The number of hydrogen-bond acceptors (Lipinski definition) is 3. The predicted molar refractivity (Wildman–Crippen MR) is 46.8 cm³/mol. The highest BCUT2D eigenvalue weighted by Gasteiger charge is 2.15. The van der Waals surface area contributed by atoms with E-state index in [1.165, 1.54) is 32.2 Å². The summed E-state index contributed by atoms with van der Waals surface area (Å²) in [6, 6.07) is 0. The Bertz CT molecular complexity index is 99.5. The van der Waals surface area contributed by atoms with Crippen LogP contribution in [0.2, 0.25) is 0 Å². The second-order valence-corrected chi connectivity index (χ2v) is 3.55. The van der Waals surface area contributed by atoms with Crippen LogP contribution in [0.5, 0.6) is 0 Å². The summed E-state index contributed by atoms with van der Waals surface area (Å²) in [5.74, 6) is 6.14. The van der Waals surface area contributed by atoms with Gasteiger partial charge in [-0.05, 0) is 25.8 Å². The number of nitrogens with one attached hydrogen (secondary N) is 1. The van der Waals surface area contributed by atoms with Crippen LogP contribution in [0.1, 0.15) is 25.7 Å². The van der Waals surface area contributed by atoms with Crippen molar-refractivity contribution in [3.63, 3.8) is 0 Å². The van der Waals surface area contributed by atoms with Crippen LogP contribution >= 0.6 is 0 Å². The van der Waals surface area contributed by atoms with E-state index in [4.69, 9.17) is 5.84 Å². The van der Waals surface area contributed by atoms with Crippen LogP contribution in [0, 0.1) is 5.92 Å². The zero-order valence-electron chi connectivity index (χ0n) is 7.34. The summed E-state index contributed by atoms with van der Waals surface area (Å²) in [6.07, 6.45) is 5.67. The normalized spacial score (nSPS) is 19.9. The molecule has 0 saturated heterocycles. The molecule has 66 valence electrons. The average molecular weight is 157 g/mol. The molecule has 0 radical (unpaired) electrons. The number of rotatable bonds is 4. The summed E-state index contributed by atoms with van der Waals surface area (Å²) in [4.78, 5) is 2.25. The van der Waals surface area contributed by atoms with Crippen LogP contribution in [0.3, 0.4) is 0 Å². The maximum Gasteiger partial charge on any atom is 0.0610 e. The second kappa shape index (κ2) is 4.70. The lowest BCUT2D eigenvalue weighted by atomic mass is 10.1. The SMILES string of the molecule is CN(CNN)CC1CCCC1. The van der Waals surface area contributed by atoms with Gasteiger partial charge >= 0.3 is 0 Å². The molecule has 0 aliphatic heterocycles. The molecule has 3 N–H and O–H groups in total. The topological polar surface area (TPSA) is 41.3 Å². The van der Waals surface area contributed by atoms with Crippen LogP contribution in [0.15, 0.2) is 0 Å². The molecular formula is C8H19N3. The Kier molecular flexibility index (Phi) is 3.83. The molecule has 3 heteroatoms. The molecule has 11 heavy (non-hydrogen) atoms. The van der Waals surface area contributed by atoms with E-state index in [0.29, 0.717) is 0 Å². The quantitative estimate of drug-likeness (QED) is 0.355. The van der Waals surface area contributed by atoms with Crippen LogP contribution in [0.25, 0.3) is 0 Å². The number of nitrogens with zero attached hydrogens (tertiary/aromatic N) is 1. The molecule has 0 spiro atoms. The maximum atomic E-state index is 5.21. The summed E-state index contributed by atoms with van der Waals surface area (Å²) < 4.78 is 0. The van der Waals surface area contributed by atoms with Gasteiger partial charge in [-0.25, -0.2) is 5.43 Å². The summed E-state index contributed by atoms with van der Waals surface area (Å²) >= 11 is 0. The third-order valence-electron chi connectivity index (χ3n) is 2.41. The van der Waals surface area contributed by atoms with Gasteiger partial charge in [0.1, 0.15) is 0 Å². The van der Waals surface area contributed by atoms with Crippen molar-refractivity contribution in [1.82, 2.24) is 10.3 Å². The molecule has 1 aliphatic rings. The van der Waals surface area contributed by atoms with E-state index < -0.39 is 0 Å². The minimum atomic E-state index is 0.802. The number of nitrogens with two attached hydrogens (primary N) is 1. The molecule has 0 heterocycles. The first-order chi connectivity index (χ1) is 5.33. The Morgan fingerprint density at radius 1 is 1.45 bits per heavy atom. The lowest BCUT2D eigenvalue weighted by Gasteiger charge is -2.19. The highest BCUT2D eigenvalue weighted by Crippen LogP contribution is 2.24. The zero-order chi connectivity index (χ0) is 8.10. The monoisotopic (exact) mass is 157 g/mol. The van der Waals surface area contributed by atoms with Crippen molar-refractivity contribution in [2.45, 2.75) is 25.7 Å². The molecule has 0 aromatic rings. The van der Waals surface area contributed by atoms with Gasteiger partial charge < -0.3 is 0 Å². The Morgan fingerprint density at radius 2 is 2.09 bits per heavy atom. The van der Waals surface area contributed by atoms with Crippen molar-refractivity contribution in [3.05, 3.63) is 0 Å².